The molecule has 1 aliphatic carbocycles. The van der Waals surface area contributed by atoms with Crippen molar-refractivity contribution < 1.29 is 4.79 Å². The van der Waals surface area contributed by atoms with Crippen molar-refractivity contribution in [1.29, 1.82) is 0 Å². The fourth-order valence-corrected chi connectivity index (χ4v) is 5.13. The Morgan fingerprint density at radius 1 is 1.28 bits per heavy atom. The van der Waals surface area contributed by atoms with Crippen LogP contribution in [0.2, 0.25) is 0 Å². The molecule has 2 atom stereocenters. The molecule has 0 unspecified atom stereocenters. The van der Waals surface area contributed by atoms with Crippen molar-refractivity contribution in [3.63, 3.8) is 0 Å². The second-order valence-electron chi connectivity index (χ2n) is 7.11. The van der Waals surface area contributed by atoms with Crippen LogP contribution < -0.4 is 0 Å². The second-order valence-corrected chi connectivity index (χ2v) is 8.34. The lowest BCUT2D eigenvalue weighted by Gasteiger charge is -2.27. The first-order valence-electron chi connectivity index (χ1n) is 8.82. The zero-order chi connectivity index (χ0) is 17.0. The van der Waals surface area contributed by atoms with Crippen LogP contribution in [0.15, 0.2) is 36.5 Å². The van der Waals surface area contributed by atoms with Crippen LogP contribution in [0.4, 0.5) is 0 Å². The number of aromatic nitrogens is 2. The zero-order valence-electron chi connectivity index (χ0n) is 14.1. The van der Waals surface area contributed by atoms with Crippen LogP contribution in [-0.4, -0.2) is 33.4 Å². The van der Waals surface area contributed by atoms with E-state index in [-0.39, 0.29) is 5.91 Å². The molecule has 0 radical (unpaired) electrons. The highest BCUT2D eigenvalue weighted by molar-refractivity contribution is 7.18. The molecule has 3 aromatic rings. The number of benzene rings is 1. The molecule has 1 saturated carbocycles. The monoisotopic (exact) mass is 349 g/mol. The van der Waals surface area contributed by atoms with Gasteiger partial charge in [-0.05, 0) is 56.4 Å². The number of hydrogen-bond acceptors (Lipinski definition) is 4. The van der Waals surface area contributed by atoms with Crippen LogP contribution in [0.5, 0.6) is 0 Å². The smallest absolute Gasteiger partial charge is 0.256 e. The molecule has 0 spiro atoms. The summed E-state index contributed by atoms with van der Waals surface area (Å²) < 4.78 is 1.17. The molecule has 1 amide bonds. The highest BCUT2D eigenvalue weighted by Crippen LogP contribution is 2.39. The number of carbonyl (C=O) groups is 1. The maximum atomic E-state index is 13.2. The van der Waals surface area contributed by atoms with E-state index >= 15 is 0 Å². The minimum Gasteiger partial charge on any atom is -0.335 e. The predicted octanol–water partition coefficient (Wildman–Crippen LogP) is 4.29. The molecular weight excluding hydrogens is 330 g/mol. The molecule has 1 aliphatic heterocycles. The number of aryl methyl sites for hydroxylation is 1. The van der Waals surface area contributed by atoms with Crippen LogP contribution in [-0.2, 0) is 0 Å². The summed E-state index contributed by atoms with van der Waals surface area (Å²) in [5.74, 6) is 0.827. The first-order valence-corrected chi connectivity index (χ1v) is 9.64. The van der Waals surface area contributed by atoms with Crippen molar-refractivity contribution >= 4 is 27.5 Å². The molecule has 25 heavy (non-hydrogen) atoms. The largest absolute Gasteiger partial charge is 0.335 e. The number of nitrogens with zero attached hydrogens (tertiary/aromatic N) is 3. The minimum absolute atomic E-state index is 0.129. The van der Waals surface area contributed by atoms with E-state index in [1.165, 1.54) is 17.5 Å². The van der Waals surface area contributed by atoms with Gasteiger partial charge in [0.2, 0.25) is 0 Å². The lowest BCUT2D eigenvalue weighted by molar-refractivity contribution is 0.0704. The molecule has 4 nitrogen and oxygen atoms in total. The summed E-state index contributed by atoms with van der Waals surface area (Å²) in [6, 6.07) is 10.4. The highest BCUT2D eigenvalue weighted by Gasteiger charge is 2.40. The number of pyridine rings is 1. The summed E-state index contributed by atoms with van der Waals surface area (Å²) >= 11 is 1.69. The van der Waals surface area contributed by atoms with Gasteiger partial charge in [-0.25, -0.2) is 4.98 Å². The first kappa shape index (κ1) is 15.0. The van der Waals surface area contributed by atoms with Gasteiger partial charge < -0.3 is 4.90 Å². The van der Waals surface area contributed by atoms with Gasteiger partial charge in [0, 0.05) is 24.3 Å². The number of hydrogen-bond donors (Lipinski definition) is 0. The maximum Gasteiger partial charge on any atom is 0.256 e. The Balaban J connectivity index is 1.56. The van der Waals surface area contributed by atoms with E-state index in [1.54, 1.807) is 17.5 Å². The van der Waals surface area contributed by atoms with E-state index in [0.29, 0.717) is 17.5 Å². The summed E-state index contributed by atoms with van der Waals surface area (Å²) in [5, 5.41) is 1.05. The molecule has 0 N–H and O–H groups in total. The van der Waals surface area contributed by atoms with Crippen molar-refractivity contribution in [2.45, 2.75) is 32.2 Å². The fourth-order valence-electron chi connectivity index (χ4n) is 4.33. The third-order valence-electron chi connectivity index (χ3n) is 5.48. The normalized spacial score (nSPS) is 22.0. The van der Waals surface area contributed by atoms with Crippen LogP contribution >= 0.6 is 11.3 Å². The average Bonchev–Trinajstić information content (AvgIpc) is 3.34. The van der Waals surface area contributed by atoms with E-state index in [2.05, 4.69) is 27.0 Å². The van der Waals surface area contributed by atoms with Crippen molar-refractivity contribution in [1.82, 2.24) is 14.9 Å². The van der Waals surface area contributed by atoms with E-state index in [4.69, 9.17) is 0 Å². The Labute approximate surface area is 150 Å². The van der Waals surface area contributed by atoms with E-state index < -0.39 is 0 Å². The van der Waals surface area contributed by atoms with E-state index in [9.17, 15) is 4.79 Å². The van der Waals surface area contributed by atoms with Gasteiger partial charge in [0.1, 0.15) is 0 Å². The number of carbonyl (C=O) groups excluding carboxylic acids is 1. The van der Waals surface area contributed by atoms with Crippen LogP contribution in [0.1, 0.15) is 34.6 Å². The molecule has 5 rings (SSSR count). The van der Waals surface area contributed by atoms with Crippen LogP contribution in [0.3, 0.4) is 0 Å². The number of thiazole rings is 1. The second kappa shape index (κ2) is 5.63. The SMILES string of the molecule is Cc1nc2cc(-c3ncccc3C(=O)N3C[C@H]4CC[C@@H]3C4)ccc2s1. The number of likely N-dealkylation sites (tertiary alicyclic amines) is 1. The summed E-state index contributed by atoms with van der Waals surface area (Å²) in [5.41, 5.74) is 3.42. The van der Waals surface area contributed by atoms with Gasteiger partial charge >= 0.3 is 0 Å². The standard InChI is InChI=1S/C20H19N3OS/c1-12-22-17-10-14(5-7-18(17)25-12)19-16(3-2-8-21-19)20(24)23-11-13-4-6-15(23)9-13/h2-3,5,7-8,10,13,15H,4,6,9,11H2,1H3/t13-,15+/m0/s1. The molecule has 1 saturated heterocycles. The summed E-state index contributed by atoms with van der Waals surface area (Å²) in [4.78, 5) is 24.4. The minimum atomic E-state index is 0.129. The molecular formula is C20H19N3OS. The average molecular weight is 349 g/mol. The van der Waals surface area contributed by atoms with Gasteiger partial charge in [-0.15, -0.1) is 11.3 Å². The molecule has 3 heterocycles. The first-order chi connectivity index (χ1) is 12.2. The van der Waals surface area contributed by atoms with Gasteiger partial charge in [-0.2, -0.15) is 0 Å². The van der Waals surface area contributed by atoms with Crippen molar-refractivity contribution in [2.24, 2.45) is 5.92 Å². The Morgan fingerprint density at radius 3 is 3.00 bits per heavy atom. The Hall–Kier alpha value is -2.27. The molecule has 1 aromatic carbocycles. The van der Waals surface area contributed by atoms with Gasteiger partial charge in [0.05, 0.1) is 26.5 Å². The predicted molar refractivity (Wildman–Crippen MR) is 99.8 cm³/mol. The Morgan fingerprint density at radius 2 is 2.20 bits per heavy atom. The molecule has 2 aliphatic rings. The lowest BCUT2D eigenvalue weighted by atomic mass is 10.0. The summed E-state index contributed by atoms with van der Waals surface area (Å²) in [7, 11) is 0. The van der Waals surface area contributed by atoms with Crippen LogP contribution in [0.25, 0.3) is 21.5 Å². The molecule has 126 valence electrons. The van der Waals surface area contributed by atoms with Gasteiger partial charge in [-0.3, -0.25) is 9.78 Å². The number of piperidine rings is 1. The third-order valence-corrected chi connectivity index (χ3v) is 6.43. The van der Waals surface area contributed by atoms with Crippen molar-refractivity contribution in [2.75, 3.05) is 6.54 Å². The topological polar surface area (TPSA) is 46.1 Å². The highest BCUT2D eigenvalue weighted by atomic mass is 32.1. The lowest BCUT2D eigenvalue weighted by Crippen LogP contribution is -2.37. The molecule has 2 aromatic heterocycles. The number of amides is 1. The van der Waals surface area contributed by atoms with E-state index in [1.807, 2.05) is 25.1 Å². The molecule has 2 bridgehead atoms. The summed E-state index contributed by atoms with van der Waals surface area (Å²) in [6.45, 7) is 2.92. The van der Waals surface area contributed by atoms with Crippen molar-refractivity contribution in [3.8, 4) is 11.3 Å². The zero-order valence-corrected chi connectivity index (χ0v) is 14.9. The number of fused-ring (bicyclic) bond motifs is 3. The summed E-state index contributed by atoms with van der Waals surface area (Å²) in [6.07, 6.45) is 5.36. The van der Waals surface area contributed by atoms with Crippen LogP contribution in [0, 0.1) is 12.8 Å². The van der Waals surface area contributed by atoms with Gasteiger partial charge in [0.15, 0.2) is 0 Å². The van der Waals surface area contributed by atoms with Gasteiger partial charge in [0.25, 0.3) is 5.91 Å². The maximum absolute atomic E-state index is 13.2. The Bertz CT molecular complexity index is 980. The fraction of sp³-hybridized carbons (Fsp3) is 0.350. The number of rotatable bonds is 2. The van der Waals surface area contributed by atoms with Gasteiger partial charge in [-0.1, -0.05) is 6.07 Å². The molecule has 2 fully saturated rings. The van der Waals surface area contributed by atoms with Crippen molar-refractivity contribution in [3.05, 3.63) is 47.1 Å². The van der Waals surface area contributed by atoms with E-state index in [0.717, 1.165) is 34.7 Å². The third kappa shape index (κ3) is 2.45. The quantitative estimate of drug-likeness (QED) is 0.693. The Kier molecular flexibility index (Phi) is 3.38. The molecule has 5 heteroatoms.